The Morgan fingerprint density at radius 3 is 2.36 bits per heavy atom. The molecule has 0 aromatic carbocycles. The monoisotopic (exact) mass is 152 g/mol. The van der Waals surface area contributed by atoms with E-state index >= 15 is 0 Å². The summed E-state index contributed by atoms with van der Waals surface area (Å²) >= 11 is 0. The van der Waals surface area contributed by atoms with Crippen LogP contribution >= 0.6 is 0 Å². The predicted octanol–water partition coefficient (Wildman–Crippen LogP) is 1.06. The molecule has 11 heavy (non-hydrogen) atoms. The first-order chi connectivity index (χ1) is 5.33. The Morgan fingerprint density at radius 2 is 2.00 bits per heavy atom. The van der Waals surface area contributed by atoms with E-state index in [0.717, 1.165) is 17.8 Å². The molecule has 0 spiro atoms. The third kappa shape index (κ3) is 0.534. The van der Waals surface area contributed by atoms with Gasteiger partial charge in [0.25, 0.3) is 0 Å². The van der Waals surface area contributed by atoms with Crippen LogP contribution in [0.4, 0.5) is 0 Å². The van der Waals surface area contributed by atoms with Gasteiger partial charge >= 0.3 is 5.97 Å². The molecule has 0 aliphatic heterocycles. The SMILES string of the molecule is COC(=O)C1C2CC3C(C2)C31. The summed E-state index contributed by atoms with van der Waals surface area (Å²) in [5, 5.41) is 0. The molecule has 3 atom stereocenters. The third-order valence-electron chi connectivity index (χ3n) is 3.94. The van der Waals surface area contributed by atoms with Crippen LogP contribution in [0.15, 0.2) is 0 Å². The highest BCUT2D eigenvalue weighted by atomic mass is 16.5. The van der Waals surface area contributed by atoms with Crippen LogP contribution in [0.1, 0.15) is 12.8 Å². The standard InChI is InChI=1S/C9H12O2/c1-11-9(10)7-4-2-5-6(3-4)8(5)7/h4-8H,2-3H2,1H3. The highest BCUT2D eigenvalue weighted by Crippen LogP contribution is 2.73. The number of methoxy groups -OCH3 is 1. The number of rotatable bonds is 1. The lowest BCUT2D eigenvalue weighted by atomic mass is 9.99. The van der Waals surface area contributed by atoms with Crippen LogP contribution in [0.3, 0.4) is 0 Å². The van der Waals surface area contributed by atoms with Crippen molar-refractivity contribution in [1.82, 2.24) is 0 Å². The maximum atomic E-state index is 11.3. The molecule has 4 saturated carbocycles. The average molecular weight is 152 g/mol. The summed E-state index contributed by atoms with van der Waals surface area (Å²) in [7, 11) is 1.51. The molecule has 0 saturated heterocycles. The maximum absolute atomic E-state index is 11.3. The molecule has 2 nitrogen and oxygen atoms in total. The third-order valence-corrected chi connectivity index (χ3v) is 3.94. The van der Waals surface area contributed by atoms with Gasteiger partial charge in [-0.15, -0.1) is 0 Å². The molecule has 4 rings (SSSR count). The van der Waals surface area contributed by atoms with Crippen LogP contribution in [0.25, 0.3) is 0 Å². The Balaban J connectivity index is 1.86. The largest absolute Gasteiger partial charge is 0.469 e. The van der Waals surface area contributed by atoms with E-state index in [1.165, 1.54) is 20.0 Å². The minimum atomic E-state index is 0.0579. The van der Waals surface area contributed by atoms with Crippen LogP contribution in [0.2, 0.25) is 0 Å². The summed E-state index contributed by atoms with van der Waals surface area (Å²) in [5.41, 5.74) is 0. The lowest BCUT2D eigenvalue weighted by Crippen LogP contribution is -2.19. The molecule has 4 bridgehead atoms. The van der Waals surface area contributed by atoms with Gasteiger partial charge in [-0.1, -0.05) is 0 Å². The Labute approximate surface area is 65.9 Å². The molecular weight excluding hydrogens is 140 g/mol. The Kier molecular flexibility index (Phi) is 0.890. The van der Waals surface area contributed by atoms with Crippen molar-refractivity contribution in [2.24, 2.45) is 29.6 Å². The van der Waals surface area contributed by atoms with Crippen molar-refractivity contribution >= 4 is 5.97 Å². The minimum Gasteiger partial charge on any atom is -0.469 e. The van der Waals surface area contributed by atoms with E-state index in [4.69, 9.17) is 4.74 Å². The fraction of sp³-hybridized carbons (Fsp3) is 0.889. The van der Waals surface area contributed by atoms with E-state index in [9.17, 15) is 4.79 Å². The number of ether oxygens (including phenoxy) is 1. The fourth-order valence-electron chi connectivity index (χ4n) is 3.56. The summed E-state index contributed by atoms with van der Waals surface area (Å²) in [6.45, 7) is 0. The summed E-state index contributed by atoms with van der Waals surface area (Å²) < 4.78 is 4.79. The number of carbonyl (C=O) groups is 1. The zero-order valence-corrected chi connectivity index (χ0v) is 6.62. The van der Waals surface area contributed by atoms with Gasteiger partial charge in [-0.25, -0.2) is 0 Å². The first kappa shape index (κ1) is 6.04. The Bertz CT molecular complexity index is 210. The molecule has 0 radical (unpaired) electrons. The van der Waals surface area contributed by atoms with Crippen molar-refractivity contribution < 1.29 is 9.53 Å². The average Bonchev–Trinajstić information content (AvgIpc) is 2.47. The van der Waals surface area contributed by atoms with Crippen molar-refractivity contribution in [3.05, 3.63) is 0 Å². The van der Waals surface area contributed by atoms with Gasteiger partial charge in [0.2, 0.25) is 0 Å². The maximum Gasteiger partial charge on any atom is 0.309 e. The van der Waals surface area contributed by atoms with Crippen LogP contribution in [0.5, 0.6) is 0 Å². The molecule has 0 aromatic rings. The van der Waals surface area contributed by atoms with Crippen molar-refractivity contribution in [2.45, 2.75) is 12.8 Å². The Morgan fingerprint density at radius 1 is 1.36 bits per heavy atom. The van der Waals surface area contributed by atoms with Crippen molar-refractivity contribution in [3.63, 3.8) is 0 Å². The van der Waals surface area contributed by atoms with Gasteiger partial charge in [0.15, 0.2) is 0 Å². The first-order valence-corrected chi connectivity index (χ1v) is 4.40. The van der Waals surface area contributed by atoms with Gasteiger partial charge in [-0.2, -0.15) is 0 Å². The quantitative estimate of drug-likeness (QED) is 0.525. The van der Waals surface area contributed by atoms with E-state index in [1.54, 1.807) is 0 Å². The smallest absolute Gasteiger partial charge is 0.309 e. The number of esters is 1. The fourth-order valence-corrected chi connectivity index (χ4v) is 3.56. The van der Waals surface area contributed by atoms with Gasteiger partial charge in [0, 0.05) is 0 Å². The molecule has 2 heteroatoms. The van der Waals surface area contributed by atoms with E-state index < -0.39 is 0 Å². The van der Waals surface area contributed by atoms with Gasteiger partial charge in [-0.05, 0) is 36.5 Å². The summed E-state index contributed by atoms with van der Waals surface area (Å²) in [5.74, 6) is 3.64. The molecule has 4 aliphatic carbocycles. The first-order valence-electron chi connectivity index (χ1n) is 4.40. The second-order valence-corrected chi connectivity index (χ2v) is 4.19. The van der Waals surface area contributed by atoms with Crippen LogP contribution in [0, 0.1) is 29.6 Å². The summed E-state index contributed by atoms with van der Waals surface area (Å²) in [4.78, 5) is 11.3. The van der Waals surface area contributed by atoms with Gasteiger partial charge in [0.1, 0.15) is 0 Å². The van der Waals surface area contributed by atoms with Crippen LogP contribution < -0.4 is 0 Å². The van der Waals surface area contributed by atoms with E-state index in [2.05, 4.69) is 0 Å². The van der Waals surface area contributed by atoms with Crippen LogP contribution in [-0.4, -0.2) is 13.1 Å². The molecule has 0 amide bonds. The molecule has 4 aliphatic rings. The lowest BCUT2D eigenvalue weighted by Gasteiger charge is -2.10. The van der Waals surface area contributed by atoms with Gasteiger partial charge < -0.3 is 4.74 Å². The molecule has 0 aromatic heterocycles. The highest BCUT2D eigenvalue weighted by Gasteiger charge is 2.70. The normalized spacial score (nSPS) is 56.3. The number of carbonyl (C=O) groups excluding carboxylic acids is 1. The van der Waals surface area contributed by atoms with E-state index in [0.29, 0.717) is 11.8 Å². The zero-order valence-electron chi connectivity index (χ0n) is 6.62. The number of hydrogen-bond acceptors (Lipinski definition) is 2. The van der Waals surface area contributed by atoms with Crippen LogP contribution in [-0.2, 0) is 9.53 Å². The second kappa shape index (κ2) is 1.62. The van der Waals surface area contributed by atoms with Gasteiger partial charge in [0.05, 0.1) is 13.0 Å². The zero-order chi connectivity index (χ0) is 7.59. The predicted molar refractivity (Wildman–Crippen MR) is 38.7 cm³/mol. The molecular formula is C9H12O2. The highest BCUT2D eigenvalue weighted by molar-refractivity contribution is 5.75. The molecule has 60 valence electrons. The van der Waals surface area contributed by atoms with E-state index in [1.807, 2.05) is 0 Å². The number of hydrogen-bond donors (Lipinski definition) is 0. The second-order valence-electron chi connectivity index (χ2n) is 4.19. The van der Waals surface area contributed by atoms with E-state index in [-0.39, 0.29) is 5.97 Å². The van der Waals surface area contributed by atoms with Crippen molar-refractivity contribution in [3.8, 4) is 0 Å². The Hall–Kier alpha value is -0.530. The molecule has 3 unspecified atom stereocenters. The van der Waals surface area contributed by atoms with Crippen molar-refractivity contribution in [2.75, 3.05) is 7.11 Å². The van der Waals surface area contributed by atoms with Gasteiger partial charge in [-0.3, -0.25) is 4.79 Å². The van der Waals surface area contributed by atoms with Crippen molar-refractivity contribution in [1.29, 1.82) is 0 Å². The lowest BCUT2D eigenvalue weighted by molar-refractivity contribution is -0.146. The topological polar surface area (TPSA) is 26.3 Å². The molecule has 4 fully saturated rings. The summed E-state index contributed by atoms with van der Waals surface area (Å²) in [6, 6.07) is 0. The molecule has 0 heterocycles. The summed E-state index contributed by atoms with van der Waals surface area (Å²) in [6.07, 6.45) is 2.63. The molecule has 0 N–H and O–H groups in total. The minimum absolute atomic E-state index is 0.0579.